The molecule has 9 nitrogen and oxygen atoms in total. The van der Waals surface area contributed by atoms with Gasteiger partial charge in [0.15, 0.2) is 17.5 Å². The Kier molecular flexibility index (Phi) is 6.86. The van der Waals surface area contributed by atoms with Crippen molar-refractivity contribution in [2.45, 2.75) is 6.92 Å². The highest BCUT2D eigenvalue weighted by Crippen LogP contribution is 2.27. The van der Waals surface area contributed by atoms with E-state index in [1.807, 2.05) is 98.0 Å². The first-order valence-electron chi connectivity index (χ1n) is 13.6. The van der Waals surface area contributed by atoms with Crippen molar-refractivity contribution in [3.05, 3.63) is 128 Å². The van der Waals surface area contributed by atoms with Gasteiger partial charge in [-0.3, -0.25) is 29.9 Å². The van der Waals surface area contributed by atoms with Crippen LogP contribution in [0.25, 0.3) is 68.3 Å². The first-order chi connectivity index (χ1) is 21.2. The third-order valence-electron chi connectivity index (χ3n) is 6.73. The molecule has 0 N–H and O–H groups in total. The summed E-state index contributed by atoms with van der Waals surface area (Å²) in [5.41, 5.74) is 8.00. The van der Waals surface area contributed by atoms with Gasteiger partial charge >= 0.3 is 0 Å². The molecule has 0 spiro atoms. The van der Waals surface area contributed by atoms with E-state index in [1.165, 1.54) is 0 Å². The molecule has 0 saturated heterocycles. The van der Waals surface area contributed by atoms with Gasteiger partial charge in [0.2, 0.25) is 0 Å². The average molecular weight is 558 g/mol. The smallest absolute Gasteiger partial charge is 0.165 e. The number of hydrogen-bond acceptors (Lipinski definition) is 9. The van der Waals surface area contributed by atoms with E-state index >= 15 is 0 Å². The average Bonchev–Trinajstić information content (AvgIpc) is 3.09. The Hall–Kier alpha value is -6.09. The predicted molar refractivity (Wildman–Crippen MR) is 164 cm³/mol. The minimum Gasteiger partial charge on any atom is -0.255 e. The summed E-state index contributed by atoms with van der Waals surface area (Å²) in [4.78, 5) is 41.6. The lowest BCUT2D eigenvalue weighted by molar-refractivity contribution is 1.06. The van der Waals surface area contributed by atoms with E-state index < -0.39 is 0 Å². The van der Waals surface area contributed by atoms with Crippen molar-refractivity contribution in [1.82, 2.24) is 44.9 Å². The summed E-state index contributed by atoms with van der Waals surface area (Å²) in [5.74, 6) is 1.45. The van der Waals surface area contributed by atoms with E-state index in [9.17, 15) is 0 Å². The Morgan fingerprint density at radius 2 is 0.721 bits per heavy atom. The predicted octanol–water partition coefficient (Wildman–Crippen LogP) is 6.55. The summed E-state index contributed by atoms with van der Waals surface area (Å²) in [7, 11) is 0. The normalized spacial score (nSPS) is 10.9. The molecule has 0 aliphatic heterocycles. The van der Waals surface area contributed by atoms with Gasteiger partial charge < -0.3 is 0 Å². The van der Waals surface area contributed by atoms with Crippen LogP contribution in [0.15, 0.2) is 122 Å². The minimum absolute atomic E-state index is 0.484. The van der Waals surface area contributed by atoms with Crippen LogP contribution in [-0.2, 0) is 0 Å². The number of aryl methyl sites for hydroxylation is 1. The standard InChI is InChI=1S/C34H23N9/c1-22-8-12-28(37-18-22)31-15-11-25(21-40-31)34-42-32(23-9-13-29(38-19-23)26-6-2-4-16-35-26)41-33(43-34)24-10-14-30(39-20-24)27-7-3-5-17-36-27/h2-21H,1H3. The van der Waals surface area contributed by atoms with Gasteiger partial charge in [0.05, 0.1) is 34.2 Å². The Labute approximate surface area is 247 Å². The van der Waals surface area contributed by atoms with E-state index in [-0.39, 0.29) is 0 Å². The molecule has 0 bridgehead atoms. The number of aromatic nitrogens is 9. The lowest BCUT2D eigenvalue weighted by Crippen LogP contribution is -2.01. The molecule has 7 rings (SSSR count). The van der Waals surface area contributed by atoms with Crippen molar-refractivity contribution >= 4 is 0 Å². The van der Waals surface area contributed by atoms with Crippen LogP contribution >= 0.6 is 0 Å². The van der Waals surface area contributed by atoms with Crippen LogP contribution in [0.4, 0.5) is 0 Å². The quantitative estimate of drug-likeness (QED) is 0.224. The van der Waals surface area contributed by atoms with Crippen molar-refractivity contribution in [2.75, 3.05) is 0 Å². The second kappa shape index (κ2) is 11.4. The molecule has 0 unspecified atom stereocenters. The summed E-state index contributed by atoms with van der Waals surface area (Å²) in [6.45, 7) is 2.01. The topological polar surface area (TPSA) is 116 Å². The Bertz CT molecular complexity index is 1880. The van der Waals surface area contributed by atoms with Gasteiger partial charge in [-0.15, -0.1) is 0 Å². The molecule has 0 aromatic carbocycles. The fourth-order valence-corrected chi connectivity index (χ4v) is 4.44. The van der Waals surface area contributed by atoms with Crippen LogP contribution in [0.3, 0.4) is 0 Å². The van der Waals surface area contributed by atoms with Gasteiger partial charge in [-0.2, -0.15) is 0 Å². The maximum atomic E-state index is 4.82. The molecule has 0 radical (unpaired) electrons. The fraction of sp³-hybridized carbons (Fsp3) is 0.0294. The molecule has 0 aliphatic rings. The van der Waals surface area contributed by atoms with Crippen LogP contribution in [0, 0.1) is 6.92 Å². The summed E-state index contributed by atoms with van der Waals surface area (Å²) in [6.07, 6.45) is 10.6. The van der Waals surface area contributed by atoms with Crippen molar-refractivity contribution in [3.63, 3.8) is 0 Å². The Morgan fingerprint density at radius 1 is 0.349 bits per heavy atom. The SMILES string of the molecule is Cc1ccc(-c2ccc(-c3nc(-c4ccc(-c5ccccn5)nc4)nc(-c4ccc(-c5ccccn5)nc4)n3)cn2)nc1. The van der Waals surface area contributed by atoms with E-state index in [4.69, 9.17) is 15.0 Å². The summed E-state index contributed by atoms with van der Waals surface area (Å²) >= 11 is 0. The van der Waals surface area contributed by atoms with Crippen molar-refractivity contribution in [1.29, 1.82) is 0 Å². The molecule has 43 heavy (non-hydrogen) atoms. The zero-order valence-corrected chi connectivity index (χ0v) is 23.1. The largest absolute Gasteiger partial charge is 0.255 e. The zero-order valence-electron chi connectivity index (χ0n) is 23.1. The molecule has 0 aliphatic carbocycles. The molecule has 9 heteroatoms. The molecule has 0 amide bonds. The van der Waals surface area contributed by atoms with E-state index in [0.717, 1.165) is 56.4 Å². The molecule has 204 valence electrons. The van der Waals surface area contributed by atoms with Gasteiger partial charge in [-0.25, -0.2) is 15.0 Å². The highest BCUT2D eigenvalue weighted by atomic mass is 15.0. The zero-order chi connectivity index (χ0) is 29.0. The van der Waals surface area contributed by atoms with Crippen molar-refractivity contribution in [2.24, 2.45) is 0 Å². The van der Waals surface area contributed by atoms with E-state index in [2.05, 4.69) is 29.9 Å². The molecular formula is C34H23N9. The lowest BCUT2D eigenvalue weighted by atomic mass is 10.1. The first kappa shape index (κ1) is 25.8. The second-order valence-corrected chi connectivity index (χ2v) is 9.75. The molecule has 0 atom stereocenters. The first-order valence-corrected chi connectivity index (χ1v) is 13.6. The number of nitrogens with zero attached hydrogens (tertiary/aromatic N) is 9. The molecule has 0 saturated carbocycles. The van der Waals surface area contributed by atoms with Gasteiger partial charge in [0.1, 0.15) is 0 Å². The maximum Gasteiger partial charge on any atom is 0.165 e. The van der Waals surface area contributed by atoms with Crippen molar-refractivity contribution < 1.29 is 0 Å². The van der Waals surface area contributed by atoms with Crippen LogP contribution in [-0.4, -0.2) is 44.9 Å². The lowest BCUT2D eigenvalue weighted by Gasteiger charge is -2.09. The van der Waals surface area contributed by atoms with Crippen LogP contribution in [0.2, 0.25) is 0 Å². The number of pyridine rings is 6. The molecule has 7 aromatic rings. The third kappa shape index (κ3) is 5.59. The molecule has 7 heterocycles. The van der Waals surface area contributed by atoms with Gasteiger partial charge in [-0.1, -0.05) is 18.2 Å². The molecular weight excluding hydrogens is 534 g/mol. The van der Waals surface area contributed by atoms with Crippen LogP contribution in [0.5, 0.6) is 0 Å². The Balaban J connectivity index is 1.28. The van der Waals surface area contributed by atoms with Crippen molar-refractivity contribution in [3.8, 4) is 68.3 Å². The summed E-state index contributed by atoms with van der Waals surface area (Å²) in [6, 6.07) is 27.0. The highest BCUT2D eigenvalue weighted by molar-refractivity contribution is 5.68. The summed E-state index contributed by atoms with van der Waals surface area (Å²) < 4.78 is 0. The molecule has 0 fully saturated rings. The van der Waals surface area contributed by atoms with Gasteiger partial charge in [0, 0.05) is 53.9 Å². The van der Waals surface area contributed by atoms with Crippen LogP contribution in [0.1, 0.15) is 5.56 Å². The monoisotopic (exact) mass is 557 g/mol. The fourth-order valence-electron chi connectivity index (χ4n) is 4.44. The number of rotatable bonds is 6. The van der Waals surface area contributed by atoms with E-state index in [0.29, 0.717) is 17.5 Å². The number of hydrogen-bond donors (Lipinski definition) is 0. The maximum absolute atomic E-state index is 4.82. The minimum atomic E-state index is 0.484. The molecule has 7 aromatic heterocycles. The Morgan fingerprint density at radius 3 is 1.02 bits per heavy atom. The second-order valence-electron chi connectivity index (χ2n) is 9.75. The highest BCUT2D eigenvalue weighted by Gasteiger charge is 2.15. The summed E-state index contributed by atoms with van der Waals surface area (Å²) in [5, 5.41) is 0. The van der Waals surface area contributed by atoms with Crippen LogP contribution < -0.4 is 0 Å². The van der Waals surface area contributed by atoms with Gasteiger partial charge in [0.25, 0.3) is 0 Å². The van der Waals surface area contributed by atoms with Gasteiger partial charge in [-0.05, 0) is 79.2 Å². The van der Waals surface area contributed by atoms with E-state index in [1.54, 1.807) is 31.0 Å². The third-order valence-corrected chi connectivity index (χ3v) is 6.73.